The Hall–Kier alpha value is -1.85. The Morgan fingerprint density at radius 2 is 2.24 bits per heavy atom. The normalized spacial score (nSPS) is 25.0. The van der Waals surface area contributed by atoms with Gasteiger partial charge in [0.05, 0.1) is 17.7 Å². The van der Waals surface area contributed by atoms with E-state index in [2.05, 4.69) is 10.4 Å². The highest BCUT2D eigenvalue weighted by atomic mass is 16.2. The smallest absolute Gasteiger partial charge is 0.316 e. The highest BCUT2D eigenvalue weighted by Crippen LogP contribution is 2.31. The minimum Gasteiger partial charge on any atom is -0.316 e. The van der Waals surface area contributed by atoms with Gasteiger partial charge in [0.1, 0.15) is 0 Å². The van der Waals surface area contributed by atoms with E-state index in [-0.39, 0.29) is 18.4 Å². The zero-order chi connectivity index (χ0) is 12.6. The van der Waals surface area contributed by atoms with Crippen LogP contribution in [0, 0.1) is 0 Å². The lowest BCUT2D eigenvalue weighted by atomic mass is 9.90. The predicted octanol–water partition coefficient (Wildman–Crippen LogP) is 0.690. The van der Waals surface area contributed by atoms with Crippen molar-refractivity contribution in [1.29, 1.82) is 0 Å². The lowest BCUT2D eigenvalue weighted by molar-refractivity contribution is -0.124. The molecule has 1 fully saturated rings. The molecule has 17 heavy (non-hydrogen) atoms. The van der Waals surface area contributed by atoms with Gasteiger partial charge in [0.2, 0.25) is 5.91 Å². The first-order chi connectivity index (χ1) is 7.97. The Balaban J connectivity index is 2.39. The number of hydrogen-bond acceptors (Lipinski definition) is 3. The van der Waals surface area contributed by atoms with Crippen molar-refractivity contribution in [2.24, 2.45) is 0 Å². The van der Waals surface area contributed by atoms with Crippen LogP contribution in [0.15, 0.2) is 12.3 Å². The summed E-state index contributed by atoms with van der Waals surface area (Å²) in [6.45, 7) is 4.60. The summed E-state index contributed by atoms with van der Waals surface area (Å²) in [6.07, 6.45) is 2.08. The first-order valence-electron chi connectivity index (χ1n) is 5.59. The number of imide groups is 1. The first-order valence-corrected chi connectivity index (χ1v) is 5.59. The summed E-state index contributed by atoms with van der Waals surface area (Å²) in [5.41, 5.74) is 0.0740. The van der Waals surface area contributed by atoms with Crippen LogP contribution in [-0.4, -0.2) is 33.7 Å². The van der Waals surface area contributed by atoms with Gasteiger partial charge in [-0.1, -0.05) is 0 Å². The van der Waals surface area contributed by atoms with Crippen molar-refractivity contribution in [3.8, 4) is 0 Å². The van der Waals surface area contributed by atoms with Gasteiger partial charge in [-0.25, -0.2) is 4.79 Å². The average Bonchev–Trinajstić information content (AvgIpc) is 2.74. The molecule has 92 valence electrons. The van der Waals surface area contributed by atoms with E-state index >= 15 is 0 Å². The number of amides is 3. The summed E-state index contributed by atoms with van der Waals surface area (Å²) in [5, 5.41) is 6.67. The molecular formula is C11H16N4O2. The van der Waals surface area contributed by atoms with Gasteiger partial charge in [-0.15, -0.1) is 0 Å². The molecule has 1 unspecified atom stereocenters. The third kappa shape index (κ3) is 1.79. The van der Waals surface area contributed by atoms with Crippen molar-refractivity contribution in [2.75, 3.05) is 7.05 Å². The van der Waals surface area contributed by atoms with Crippen LogP contribution >= 0.6 is 0 Å². The summed E-state index contributed by atoms with van der Waals surface area (Å²) in [5.74, 6) is -0.262. The summed E-state index contributed by atoms with van der Waals surface area (Å²) in [6, 6.07) is 1.47. The molecule has 1 atom stereocenters. The number of carbonyl (C=O) groups excluding carboxylic acids is 2. The molecule has 1 aromatic rings. The molecule has 0 saturated carbocycles. The van der Waals surface area contributed by atoms with Crippen molar-refractivity contribution >= 4 is 11.9 Å². The van der Waals surface area contributed by atoms with Crippen LogP contribution in [0.5, 0.6) is 0 Å². The predicted molar refractivity (Wildman–Crippen MR) is 61.2 cm³/mol. The zero-order valence-electron chi connectivity index (χ0n) is 10.2. The fourth-order valence-corrected chi connectivity index (χ4v) is 1.99. The van der Waals surface area contributed by atoms with Crippen LogP contribution in [0.25, 0.3) is 0 Å². The second-order valence-electron chi connectivity index (χ2n) is 4.42. The van der Waals surface area contributed by atoms with Crippen LogP contribution in [0.1, 0.15) is 26.0 Å². The maximum Gasteiger partial charge on any atom is 0.324 e. The first kappa shape index (κ1) is 11.6. The molecule has 1 aliphatic rings. The van der Waals surface area contributed by atoms with Crippen molar-refractivity contribution in [3.05, 3.63) is 18.0 Å². The highest BCUT2D eigenvalue weighted by Gasteiger charge is 2.43. The van der Waals surface area contributed by atoms with Crippen LogP contribution in [0.3, 0.4) is 0 Å². The van der Waals surface area contributed by atoms with Gasteiger partial charge in [0.15, 0.2) is 0 Å². The van der Waals surface area contributed by atoms with Gasteiger partial charge < -0.3 is 4.90 Å². The molecule has 6 nitrogen and oxygen atoms in total. The fraction of sp³-hybridized carbons (Fsp3) is 0.545. The lowest BCUT2D eigenvalue weighted by Gasteiger charge is -2.40. The lowest BCUT2D eigenvalue weighted by Crippen LogP contribution is -2.58. The number of rotatable bonds is 2. The number of nitrogens with zero attached hydrogens (tertiary/aromatic N) is 3. The number of aromatic nitrogens is 2. The minimum absolute atomic E-state index is 0.232. The maximum atomic E-state index is 11.6. The molecule has 1 saturated heterocycles. The van der Waals surface area contributed by atoms with E-state index in [0.29, 0.717) is 0 Å². The molecule has 0 bridgehead atoms. The number of carbonyl (C=O) groups is 2. The van der Waals surface area contributed by atoms with Gasteiger partial charge in [-0.05, 0) is 19.9 Å². The second-order valence-corrected chi connectivity index (χ2v) is 4.42. The molecule has 3 amide bonds. The summed E-state index contributed by atoms with van der Waals surface area (Å²) < 4.78 is 1.78. The van der Waals surface area contributed by atoms with E-state index in [1.807, 2.05) is 26.1 Å². The Labute approximate surface area is 99.6 Å². The SMILES string of the molecule is CCn1ccc(C2(C)CC(=O)NC(=O)N2C)n1. The van der Waals surface area contributed by atoms with Crippen LogP contribution in [-0.2, 0) is 16.9 Å². The number of aryl methyl sites for hydroxylation is 1. The number of hydrogen-bond donors (Lipinski definition) is 1. The standard InChI is InChI=1S/C11H16N4O2/c1-4-15-6-5-8(13-15)11(2)7-9(16)12-10(17)14(11)3/h5-6H,4,7H2,1-3H3,(H,12,16,17). The van der Waals surface area contributed by atoms with Gasteiger partial charge in [0.25, 0.3) is 0 Å². The zero-order valence-corrected chi connectivity index (χ0v) is 10.2. The van der Waals surface area contributed by atoms with Crippen molar-refractivity contribution < 1.29 is 9.59 Å². The Morgan fingerprint density at radius 3 is 2.82 bits per heavy atom. The maximum absolute atomic E-state index is 11.6. The summed E-state index contributed by atoms with van der Waals surface area (Å²) in [7, 11) is 1.67. The van der Waals surface area contributed by atoms with Crippen molar-refractivity contribution in [3.63, 3.8) is 0 Å². The average molecular weight is 236 g/mol. The van der Waals surface area contributed by atoms with E-state index < -0.39 is 5.54 Å². The Morgan fingerprint density at radius 1 is 1.53 bits per heavy atom. The summed E-state index contributed by atoms with van der Waals surface area (Å²) >= 11 is 0. The molecule has 1 aromatic heterocycles. The third-order valence-corrected chi connectivity index (χ3v) is 3.31. The van der Waals surface area contributed by atoms with Crippen molar-refractivity contribution in [2.45, 2.75) is 32.4 Å². The van der Waals surface area contributed by atoms with E-state index in [9.17, 15) is 9.59 Å². The van der Waals surface area contributed by atoms with Gasteiger partial charge in [-0.2, -0.15) is 5.10 Å². The molecule has 0 spiro atoms. The number of urea groups is 1. The molecule has 2 heterocycles. The quantitative estimate of drug-likeness (QED) is 0.821. The Kier molecular flexibility index (Phi) is 2.65. The molecule has 0 aliphatic carbocycles. The van der Waals surface area contributed by atoms with Gasteiger partial charge in [-0.3, -0.25) is 14.8 Å². The molecular weight excluding hydrogens is 220 g/mol. The van der Waals surface area contributed by atoms with Crippen LogP contribution < -0.4 is 5.32 Å². The van der Waals surface area contributed by atoms with E-state index in [1.165, 1.54) is 4.90 Å². The Bertz CT molecular complexity index is 468. The highest BCUT2D eigenvalue weighted by molar-refractivity contribution is 5.97. The van der Waals surface area contributed by atoms with E-state index in [1.54, 1.807) is 11.7 Å². The molecule has 0 aromatic carbocycles. The molecule has 0 radical (unpaired) electrons. The molecule has 6 heteroatoms. The third-order valence-electron chi connectivity index (χ3n) is 3.31. The van der Waals surface area contributed by atoms with Gasteiger partial charge >= 0.3 is 6.03 Å². The molecule has 2 rings (SSSR count). The molecule has 1 aliphatic heterocycles. The number of nitrogens with one attached hydrogen (secondary N) is 1. The monoisotopic (exact) mass is 236 g/mol. The minimum atomic E-state index is -0.667. The second kappa shape index (κ2) is 3.87. The van der Waals surface area contributed by atoms with Crippen LogP contribution in [0.2, 0.25) is 0 Å². The molecule has 1 N–H and O–H groups in total. The fourth-order valence-electron chi connectivity index (χ4n) is 1.99. The largest absolute Gasteiger partial charge is 0.324 e. The van der Waals surface area contributed by atoms with Crippen molar-refractivity contribution in [1.82, 2.24) is 20.0 Å². The van der Waals surface area contributed by atoms with Gasteiger partial charge in [0, 0.05) is 19.8 Å². The van der Waals surface area contributed by atoms with E-state index in [0.717, 1.165) is 12.2 Å². The van der Waals surface area contributed by atoms with E-state index in [4.69, 9.17) is 0 Å². The summed E-state index contributed by atoms with van der Waals surface area (Å²) in [4.78, 5) is 24.6. The topological polar surface area (TPSA) is 67.2 Å². The van der Waals surface area contributed by atoms with Crippen LogP contribution in [0.4, 0.5) is 4.79 Å².